The Labute approximate surface area is 138 Å². The van der Waals surface area contributed by atoms with Gasteiger partial charge >= 0.3 is 12.1 Å². The maximum absolute atomic E-state index is 10.6. The monoisotopic (exact) mass is 355 g/mol. The first kappa shape index (κ1) is 17.7. The third-order valence-corrected chi connectivity index (χ3v) is 3.94. The first-order chi connectivity index (χ1) is 11.2. The molecule has 2 aromatic heterocycles. The number of rotatable bonds is 1. The molecule has 24 heavy (non-hydrogen) atoms. The van der Waals surface area contributed by atoms with Crippen molar-refractivity contribution in [3.05, 3.63) is 41.4 Å². The highest BCUT2D eigenvalue weighted by Crippen LogP contribution is 2.30. The lowest BCUT2D eigenvalue weighted by atomic mass is 10.1. The summed E-state index contributed by atoms with van der Waals surface area (Å²) < 4.78 is 32.9. The lowest BCUT2D eigenvalue weighted by molar-refractivity contribution is -0.192. The number of anilines is 1. The molecule has 0 saturated heterocycles. The lowest BCUT2D eigenvalue weighted by Gasteiger charge is -2.04. The van der Waals surface area contributed by atoms with Crippen LogP contribution in [0.2, 0.25) is 0 Å². The van der Waals surface area contributed by atoms with Crippen molar-refractivity contribution in [2.24, 2.45) is 0 Å². The van der Waals surface area contributed by atoms with Gasteiger partial charge in [-0.3, -0.25) is 0 Å². The summed E-state index contributed by atoms with van der Waals surface area (Å²) in [6.07, 6.45) is -3.32. The van der Waals surface area contributed by atoms with Crippen LogP contribution in [0.25, 0.3) is 21.5 Å². The van der Waals surface area contributed by atoms with E-state index in [9.17, 15) is 13.2 Å². The highest BCUT2D eigenvalue weighted by atomic mass is 32.1. The van der Waals surface area contributed by atoms with Gasteiger partial charge in [0.2, 0.25) is 0 Å². The molecule has 0 aliphatic carbocycles. The number of nitrogens with zero attached hydrogens (tertiary/aromatic N) is 2. The Morgan fingerprint density at radius 1 is 1.29 bits per heavy atom. The van der Waals surface area contributed by atoms with Crippen LogP contribution >= 0.6 is 11.3 Å². The number of carboxylic acid groups (broad SMARTS) is 1. The van der Waals surface area contributed by atoms with E-state index < -0.39 is 12.1 Å². The van der Waals surface area contributed by atoms with Gasteiger partial charge in [-0.05, 0) is 29.8 Å². The number of aliphatic carboxylic acids is 1. The second-order valence-corrected chi connectivity index (χ2v) is 5.63. The average molecular weight is 355 g/mol. The molecule has 3 aromatic rings. The standard InChI is InChI=1S/C13H11N3S.C2HF3O2/c1-8-7-15-13(16-12(8)14)10-4-2-3-9-5-6-17-11(9)10;3-2(4,5)1(6)7/h2-7H,1H3,(H2,14,15,16);(H,6,7). The molecule has 0 amide bonds. The lowest BCUT2D eigenvalue weighted by Crippen LogP contribution is -2.21. The number of alkyl halides is 3. The normalized spacial score (nSPS) is 11.0. The Morgan fingerprint density at radius 2 is 1.96 bits per heavy atom. The van der Waals surface area contributed by atoms with Crippen LogP contribution in [0.3, 0.4) is 0 Å². The van der Waals surface area contributed by atoms with E-state index >= 15 is 0 Å². The molecule has 0 atom stereocenters. The number of nitrogen functional groups attached to an aromatic ring is 1. The van der Waals surface area contributed by atoms with Crippen molar-refractivity contribution < 1.29 is 23.1 Å². The molecule has 0 radical (unpaired) electrons. The largest absolute Gasteiger partial charge is 0.490 e. The van der Waals surface area contributed by atoms with Crippen molar-refractivity contribution in [2.75, 3.05) is 5.73 Å². The summed E-state index contributed by atoms with van der Waals surface area (Å²) in [5.74, 6) is -1.52. The van der Waals surface area contributed by atoms with Gasteiger partial charge in [0.05, 0.1) is 0 Å². The van der Waals surface area contributed by atoms with E-state index in [1.807, 2.05) is 19.1 Å². The van der Waals surface area contributed by atoms with E-state index in [2.05, 4.69) is 27.5 Å². The Balaban J connectivity index is 0.000000256. The fraction of sp³-hybridized carbons (Fsp3) is 0.133. The number of carbonyl (C=O) groups is 1. The fourth-order valence-electron chi connectivity index (χ4n) is 1.75. The molecule has 3 rings (SSSR count). The van der Waals surface area contributed by atoms with Crippen LogP contribution < -0.4 is 5.73 Å². The molecule has 0 bridgehead atoms. The number of hydrogen-bond acceptors (Lipinski definition) is 5. The highest BCUT2D eigenvalue weighted by molar-refractivity contribution is 7.17. The second-order valence-electron chi connectivity index (χ2n) is 4.71. The molecule has 3 N–H and O–H groups in total. The third-order valence-electron chi connectivity index (χ3n) is 2.97. The predicted octanol–water partition coefficient (Wildman–Crippen LogP) is 3.88. The van der Waals surface area contributed by atoms with Crippen LogP contribution in [0.5, 0.6) is 0 Å². The van der Waals surface area contributed by atoms with Crippen LogP contribution in [-0.2, 0) is 4.79 Å². The van der Waals surface area contributed by atoms with E-state index in [1.54, 1.807) is 17.5 Å². The van der Waals surface area contributed by atoms with Crippen molar-refractivity contribution >= 4 is 33.2 Å². The Bertz CT molecular complexity index is 878. The van der Waals surface area contributed by atoms with Crippen LogP contribution in [0, 0.1) is 6.92 Å². The highest BCUT2D eigenvalue weighted by Gasteiger charge is 2.38. The zero-order valence-electron chi connectivity index (χ0n) is 12.3. The number of thiophene rings is 1. The molecule has 126 valence electrons. The summed E-state index contributed by atoms with van der Waals surface area (Å²) in [5.41, 5.74) is 7.78. The number of aromatic nitrogens is 2. The average Bonchev–Trinajstić information content (AvgIpc) is 2.98. The molecular weight excluding hydrogens is 343 g/mol. The maximum atomic E-state index is 10.6. The van der Waals surface area contributed by atoms with E-state index in [0.29, 0.717) is 11.6 Å². The molecule has 0 unspecified atom stereocenters. The van der Waals surface area contributed by atoms with Crippen LogP contribution in [0.1, 0.15) is 5.56 Å². The van der Waals surface area contributed by atoms with Gasteiger partial charge in [0.15, 0.2) is 5.82 Å². The van der Waals surface area contributed by atoms with Gasteiger partial charge in [0.25, 0.3) is 0 Å². The second kappa shape index (κ2) is 6.83. The summed E-state index contributed by atoms with van der Waals surface area (Å²) in [5, 5.41) is 10.4. The van der Waals surface area contributed by atoms with E-state index in [4.69, 9.17) is 15.6 Å². The molecule has 0 spiro atoms. The minimum atomic E-state index is -5.08. The number of benzene rings is 1. The van der Waals surface area contributed by atoms with Crippen molar-refractivity contribution in [3.63, 3.8) is 0 Å². The third kappa shape index (κ3) is 3.99. The smallest absolute Gasteiger partial charge is 0.475 e. The number of aryl methyl sites for hydroxylation is 1. The first-order valence-electron chi connectivity index (χ1n) is 6.56. The SMILES string of the molecule is Cc1cnc(-c2cccc3ccsc23)nc1N.O=C(O)C(F)(F)F. The van der Waals surface area contributed by atoms with Gasteiger partial charge in [-0.2, -0.15) is 13.2 Å². The summed E-state index contributed by atoms with van der Waals surface area (Å²) in [7, 11) is 0. The Hall–Kier alpha value is -2.68. The molecule has 9 heteroatoms. The minimum absolute atomic E-state index is 0.545. The molecule has 0 fully saturated rings. The predicted molar refractivity (Wildman–Crippen MR) is 85.7 cm³/mol. The van der Waals surface area contributed by atoms with Gasteiger partial charge in [0.1, 0.15) is 5.82 Å². The summed E-state index contributed by atoms with van der Waals surface area (Å²) in [4.78, 5) is 17.6. The number of nitrogens with two attached hydrogens (primary N) is 1. The maximum Gasteiger partial charge on any atom is 0.490 e. The van der Waals surface area contributed by atoms with E-state index in [0.717, 1.165) is 11.1 Å². The van der Waals surface area contributed by atoms with Gasteiger partial charge in [-0.15, -0.1) is 11.3 Å². The molecule has 5 nitrogen and oxygen atoms in total. The number of halogens is 3. The van der Waals surface area contributed by atoms with Gasteiger partial charge in [-0.25, -0.2) is 14.8 Å². The van der Waals surface area contributed by atoms with Crippen molar-refractivity contribution in [3.8, 4) is 11.4 Å². The molecule has 0 aliphatic rings. The molecule has 1 aromatic carbocycles. The summed E-state index contributed by atoms with van der Waals surface area (Å²) >= 11 is 1.70. The van der Waals surface area contributed by atoms with Crippen molar-refractivity contribution in [1.29, 1.82) is 0 Å². The molecule has 0 saturated carbocycles. The van der Waals surface area contributed by atoms with Gasteiger partial charge in [0, 0.05) is 22.0 Å². The first-order valence-corrected chi connectivity index (χ1v) is 7.44. The number of carboxylic acids is 1. The van der Waals surface area contributed by atoms with Crippen molar-refractivity contribution in [2.45, 2.75) is 13.1 Å². The summed E-state index contributed by atoms with van der Waals surface area (Å²) in [6.45, 7) is 1.91. The number of hydrogen-bond donors (Lipinski definition) is 2. The van der Waals surface area contributed by atoms with Gasteiger partial charge in [-0.1, -0.05) is 12.1 Å². The Morgan fingerprint density at radius 3 is 2.54 bits per heavy atom. The minimum Gasteiger partial charge on any atom is -0.475 e. The van der Waals surface area contributed by atoms with Crippen LogP contribution in [-0.4, -0.2) is 27.2 Å². The van der Waals surface area contributed by atoms with Crippen LogP contribution in [0.4, 0.5) is 19.0 Å². The molecular formula is C15H12F3N3O2S. The quantitative estimate of drug-likeness (QED) is 0.691. The van der Waals surface area contributed by atoms with Crippen molar-refractivity contribution in [1.82, 2.24) is 9.97 Å². The zero-order valence-corrected chi connectivity index (χ0v) is 13.1. The fourth-order valence-corrected chi connectivity index (χ4v) is 2.66. The molecule has 0 aliphatic heterocycles. The van der Waals surface area contributed by atoms with E-state index in [-0.39, 0.29) is 0 Å². The molecule has 2 heterocycles. The van der Waals surface area contributed by atoms with Gasteiger partial charge < -0.3 is 10.8 Å². The number of fused-ring (bicyclic) bond motifs is 1. The van der Waals surface area contributed by atoms with Crippen LogP contribution in [0.15, 0.2) is 35.8 Å². The Kier molecular flexibility index (Phi) is 5.03. The summed E-state index contributed by atoms with van der Waals surface area (Å²) in [6, 6.07) is 8.24. The topological polar surface area (TPSA) is 89.1 Å². The van der Waals surface area contributed by atoms with E-state index in [1.165, 1.54) is 10.1 Å². The zero-order chi connectivity index (χ0) is 17.9.